The van der Waals surface area contributed by atoms with E-state index in [1.807, 2.05) is 0 Å². The van der Waals surface area contributed by atoms with Crippen LogP contribution in [0.3, 0.4) is 0 Å². The van der Waals surface area contributed by atoms with E-state index in [9.17, 15) is 0 Å². The molecule has 3 rings (SSSR count). The molecule has 0 spiro atoms. The van der Waals surface area contributed by atoms with Gasteiger partial charge >= 0.3 is 0 Å². The Morgan fingerprint density at radius 2 is 1.91 bits per heavy atom. The monoisotopic (exact) mass is 304 g/mol. The highest BCUT2D eigenvalue weighted by Crippen LogP contribution is 2.19. The third kappa shape index (κ3) is 4.00. The van der Waals surface area contributed by atoms with Crippen molar-refractivity contribution in [3.8, 4) is 5.75 Å². The molecule has 0 radical (unpaired) electrons. The Balaban J connectivity index is 1.52. The summed E-state index contributed by atoms with van der Waals surface area (Å²) in [6.45, 7) is 9.30. The first-order valence-electron chi connectivity index (χ1n) is 8.52. The van der Waals surface area contributed by atoms with Gasteiger partial charge in [-0.1, -0.05) is 12.1 Å². The van der Waals surface area contributed by atoms with E-state index in [1.165, 1.54) is 5.56 Å². The zero-order chi connectivity index (χ0) is 15.4. The summed E-state index contributed by atoms with van der Waals surface area (Å²) in [6.07, 6.45) is 2.56. The van der Waals surface area contributed by atoms with Crippen molar-refractivity contribution >= 4 is 0 Å². The fourth-order valence-corrected chi connectivity index (χ4v) is 3.35. The summed E-state index contributed by atoms with van der Waals surface area (Å²) in [7, 11) is 0. The largest absolute Gasteiger partial charge is 0.491 e. The molecule has 0 aromatic heterocycles. The highest BCUT2D eigenvalue weighted by atomic mass is 16.5. The lowest BCUT2D eigenvalue weighted by molar-refractivity contribution is 0.0679. The summed E-state index contributed by atoms with van der Waals surface area (Å²) in [6, 6.07) is 9.71. The minimum atomic E-state index is 0.280. The first-order valence-corrected chi connectivity index (χ1v) is 8.52. The number of nitrogens with zero attached hydrogens (tertiary/aromatic N) is 1. The standard InChI is InChI=1S/C18H28N2O2/c1-14-10-19-11-15(2)20(14)12-16-5-7-17(8-6-16)22-13-18-4-3-9-21-18/h5-8,14-15,18-19H,3-4,9-13H2,1-2H3/t14-,15+,18?. The van der Waals surface area contributed by atoms with Gasteiger partial charge in [-0.25, -0.2) is 0 Å². The third-order valence-electron chi connectivity index (χ3n) is 4.76. The van der Waals surface area contributed by atoms with Gasteiger partial charge in [-0.15, -0.1) is 0 Å². The lowest BCUT2D eigenvalue weighted by atomic mass is 10.1. The maximum atomic E-state index is 5.83. The molecule has 4 nitrogen and oxygen atoms in total. The molecule has 2 aliphatic heterocycles. The molecular formula is C18H28N2O2. The summed E-state index contributed by atoms with van der Waals surface area (Å²) in [4.78, 5) is 2.57. The lowest BCUT2D eigenvalue weighted by Crippen LogP contribution is -2.54. The number of nitrogens with one attached hydrogen (secondary N) is 1. The number of rotatable bonds is 5. The van der Waals surface area contributed by atoms with E-state index < -0.39 is 0 Å². The van der Waals surface area contributed by atoms with Crippen molar-refractivity contribution in [1.29, 1.82) is 0 Å². The van der Waals surface area contributed by atoms with Gasteiger partial charge in [0.05, 0.1) is 6.10 Å². The summed E-state index contributed by atoms with van der Waals surface area (Å²) in [5.74, 6) is 0.945. The van der Waals surface area contributed by atoms with E-state index in [0.717, 1.165) is 44.8 Å². The van der Waals surface area contributed by atoms with Gasteiger partial charge < -0.3 is 14.8 Å². The van der Waals surface area contributed by atoms with Gasteiger partial charge in [-0.05, 0) is 44.4 Å². The van der Waals surface area contributed by atoms with Gasteiger partial charge in [0.1, 0.15) is 12.4 Å². The summed E-state index contributed by atoms with van der Waals surface area (Å²) in [5, 5.41) is 3.48. The van der Waals surface area contributed by atoms with Gasteiger partial charge in [0.2, 0.25) is 0 Å². The van der Waals surface area contributed by atoms with Crippen LogP contribution in [0.15, 0.2) is 24.3 Å². The fourth-order valence-electron chi connectivity index (χ4n) is 3.35. The van der Waals surface area contributed by atoms with E-state index >= 15 is 0 Å². The zero-order valence-corrected chi connectivity index (χ0v) is 13.8. The molecule has 122 valence electrons. The van der Waals surface area contributed by atoms with Gasteiger partial charge in [0, 0.05) is 38.3 Å². The molecule has 0 bridgehead atoms. The lowest BCUT2D eigenvalue weighted by Gasteiger charge is -2.39. The molecule has 22 heavy (non-hydrogen) atoms. The molecule has 1 aromatic carbocycles. The van der Waals surface area contributed by atoms with Crippen LogP contribution >= 0.6 is 0 Å². The van der Waals surface area contributed by atoms with Crippen LogP contribution in [-0.2, 0) is 11.3 Å². The van der Waals surface area contributed by atoms with Crippen molar-refractivity contribution in [2.45, 2.75) is 51.4 Å². The first-order chi connectivity index (χ1) is 10.7. The molecule has 2 heterocycles. The Kier molecular flexibility index (Phi) is 5.34. The molecule has 0 aliphatic carbocycles. The van der Waals surface area contributed by atoms with Crippen molar-refractivity contribution < 1.29 is 9.47 Å². The molecule has 2 aliphatic rings. The smallest absolute Gasteiger partial charge is 0.119 e. The van der Waals surface area contributed by atoms with E-state index in [1.54, 1.807) is 0 Å². The van der Waals surface area contributed by atoms with Crippen LogP contribution in [0.25, 0.3) is 0 Å². The molecule has 1 unspecified atom stereocenters. The highest BCUT2D eigenvalue weighted by Gasteiger charge is 2.24. The Bertz CT molecular complexity index is 447. The molecule has 2 fully saturated rings. The molecule has 0 saturated carbocycles. The van der Waals surface area contributed by atoms with Crippen LogP contribution in [0, 0.1) is 0 Å². The summed E-state index contributed by atoms with van der Waals surface area (Å²) in [5.41, 5.74) is 1.35. The minimum absolute atomic E-state index is 0.280. The van der Waals surface area contributed by atoms with Crippen molar-refractivity contribution in [1.82, 2.24) is 10.2 Å². The van der Waals surface area contributed by atoms with Gasteiger partial charge in [0.15, 0.2) is 0 Å². The van der Waals surface area contributed by atoms with Crippen LogP contribution in [0.2, 0.25) is 0 Å². The quantitative estimate of drug-likeness (QED) is 0.906. The number of ether oxygens (including phenoxy) is 2. The van der Waals surface area contributed by atoms with E-state index in [-0.39, 0.29) is 6.10 Å². The molecule has 2 saturated heterocycles. The number of benzene rings is 1. The molecule has 3 atom stereocenters. The van der Waals surface area contributed by atoms with Gasteiger partial charge in [-0.3, -0.25) is 4.90 Å². The average Bonchev–Trinajstić information content (AvgIpc) is 3.04. The van der Waals surface area contributed by atoms with Crippen LogP contribution in [0.5, 0.6) is 5.75 Å². The predicted molar refractivity (Wildman–Crippen MR) is 88.2 cm³/mol. The highest BCUT2D eigenvalue weighted by molar-refractivity contribution is 5.27. The van der Waals surface area contributed by atoms with Crippen LogP contribution in [0.1, 0.15) is 32.3 Å². The Morgan fingerprint density at radius 3 is 2.55 bits per heavy atom. The predicted octanol–water partition coefficient (Wildman–Crippen LogP) is 2.43. The van der Waals surface area contributed by atoms with E-state index in [4.69, 9.17) is 9.47 Å². The molecule has 0 amide bonds. The molecule has 1 aromatic rings. The van der Waals surface area contributed by atoms with Crippen LogP contribution in [-0.4, -0.2) is 49.4 Å². The average molecular weight is 304 g/mol. The maximum absolute atomic E-state index is 5.83. The number of hydrogen-bond acceptors (Lipinski definition) is 4. The Hall–Kier alpha value is -1.10. The topological polar surface area (TPSA) is 33.7 Å². The fraction of sp³-hybridized carbons (Fsp3) is 0.667. The van der Waals surface area contributed by atoms with Crippen molar-refractivity contribution in [3.05, 3.63) is 29.8 Å². The van der Waals surface area contributed by atoms with Gasteiger partial charge in [0.25, 0.3) is 0 Å². The zero-order valence-electron chi connectivity index (χ0n) is 13.8. The SMILES string of the molecule is C[C@@H]1CNC[C@H](C)N1Cc1ccc(OCC2CCCO2)cc1. The Morgan fingerprint density at radius 1 is 1.18 bits per heavy atom. The van der Waals surface area contributed by atoms with Crippen molar-refractivity contribution in [2.75, 3.05) is 26.3 Å². The maximum Gasteiger partial charge on any atom is 0.119 e. The Labute approximate surface area is 133 Å². The van der Waals surface area contributed by atoms with Crippen LogP contribution < -0.4 is 10.1 Å². The van der Waals surface area contributed by atoms with E-state index in [0.29, 0.717) is 18.7 Å². The second kappa shape index (κ2) is 7.44. The normalized spacial score (nSPS) is 29.6. The van der Waals surface area contributed by atoms with Crippen molar-refractivity contribution in [2.24, 2.45) is 0 Å². The third-order valence-corrected chi connectivity index (χ3v) is 4.76. The minimum Gasteiger partial charge on any atom is -0.491 e. The van der Waals surface area contributed by atoms with Crippen LogP contribution in [0.4, 0.5) is 0 Å². The van der Waals surface area contributed by atoms with E-state index in [2.05, 4.69) is 48.3 Å². The second-order valence-electron chi connectivity index (χ2n) is 6.62. The summed E-state index contributed by atoms with van der Waals surface area (Å²) < 4.78 is 11.4. The second-order valence-corrected chi connectivity index (χ2v) is 6.62. The first kappa shape index (κ1) is 15.8. The molecule has 4 heteroatoms. The molecular weight excluding hydrogens is 276 g/mol. The molecule has 1 N–H and O–H groups in total. The number of hydrogen-bond donors (Lipinski definition) is 1. The number of piperazine rings is 1. The summed E-state index contributed by atoms with van der Waals surface area (Å²) >= 11 is 0. The van der Waals surface area contributed by atoms with Gasteiger partial charge in [-0.2, -0.15) is 0 Å². The van der Waals surface area contributed by atoms with Crippen molar-refractivity contribution in [3.63, 3.8) is 0 Å².